The van der Waals surface area contributed by atoms with Crippen LogP contribution >= 0.6 is 11.8 Å². The predicted octanol–water partition coefficient (Wildman–Crippen LogP) is -0.288. The summed E-state index contributed by atoms with van der Waals surface area (Å²) in [5.74, 6) is -1.05. The summed E-state index contributed by atoms with van der Waals surface area (Å²) in [6, 6.07) is 0. The molecule has 1 fully saturated rings. The van der Waals surface area contributed by atoms with E-state index in [1.807, 2.05) is 0 Å². The van der Waals surface area contributed by atoms with Crippen molar-refractivity contribution in [2.75, 3.05) is 12.4 Å². The number of hydrogen-bond acceptors (Lipinski definition) is 5. The highest BCUT2D eigenvalue weighted by Gasteiger charge is 2.32. The molecule has 1 aliphatic heterocycles. The molecule has 1 saturated heterocycles. The summed E-state index contributed by atoms with van der Waals surface area (Å²) in [4.78, 5) is 23.1. The Hall–Kier alpha value is -0.600. The van der Waals surface area contributed by atoms with E-state index in [9.17, 15) is 18.0 Å². The highest BCUT2D eigenvalue weighted by Crippen LogP contribution is 2.24. The maximum atomic E-state index is 11.3. The zero-order chi connectivity index (χ0) is 11.6. The zero-order valence-corrected chi connectivity index (χ0v) is 9.68. The van der Waals surface area contributed by atoms with E-state index >= 15 is 0 Å². The molecule has 0 aromatic carbocycles. The zero-order valence-electron chi connectivity index (χ0n) is 8.04. The minimum Gasteiger partial charge on any atom is -0.325 e. The fourth-order valence-electron chi connectivity index (χ4n) is 1.37. The standard InChI is InChI=1S/C7H11NO5S2/c1-5(9)14-6-2-7(10)8(3-6)4-15(11,12)13/h6H,2-4H2,1H3,(H,11,12,13). The van der Waals surface area contributed by atoms with Gasteiger partial charge in [-0.1, -0.05) is 11.8 Å². The number of carbonyl (C=O) groups excluding carboxylic acids is 2. The van der Waals surface area contributed by atoms with Gasteiger partial charge in [0.25, 0.3) is 10.1 Å². The molecular formula is C7H11NO5S2. The van der Waals surface area contributed by atoms with Crippen LogP contribution in [0.4, 0.5) is 0 Å². The average molecular weight is 253 g/mol. The quantitative estimate of drug-likeness (QED) is 0.695. The Labute approximate surface area is 91.8 Å². The van der Waals surface area contributed by atoms with Crippen LogP contribution < -0.4 is 0 Å². The molecule has 0 bridgehead atoms. The summed E-state index contributed by atoms with van der Waals surface area (Å²) in [7, 11) is -4.18. The molecule has 0 aromatic heterocycles. The molecule has 0 aliphatic carbocycles. The normalized spacial score (nSPS) is 22.1. The van der Waals surface area contributed by atoms with Crippen molar-refractivity contribution < 1.29 is 22.6 Å². The van der Waals surface area contributed by atoms with Crippen LogP contribution in [-0.2, 0) is 19.7 Å². The van der Waals surface area contributed by atoms with Crippen molar-refractivity contribution in [3.8, 4) is 0 Å². The van der Waals surface area contributed by atoms with Crippen molar-refractivity contribution in [3.63, 3.8) is 0 Å². The summed E-state index contributed by atoms with van der Waals surface area (Å²) in [6.45, 7) is 1.57. The summed E-state index contributed by atoms with van der Waals surface area (Å²) in [5, 5.41) is -0.321. The van der Waals surface area contributed by atoms with Crippen LogP contribution in [0.2, 0.25) is 0 Å². The second-order valence-electron chi connectivity index (χ2n) is 3.26. The van der Waals surface area contributed by atoms with Gasteiger partial charge in [0.1, 0.15) is 5.88 Å². The monoisotopic (exact) mass is 253 g/mol. The number of amides is 1. The number of nitrogens with zero attached hydrogens (tertiary/aromatic N) is 1. The van der Waals surface area contributed by atoms with E-state index in [0.717, 1.165) is 16.7 Å². The van der Waals surface area contributed by atoms with Gasteiger partial charge >= 0.3 is 0 Å². The van der Waals surface area contributed by atoms with Gasteiger partial charge in [0.2, 0.25) is 5.91 Å². The Bertz CT molecular complexity index is 377. The third kappa shape index (κ3) is 4.18. The number of carbonyl (C=O) groups is 2. The average Bonchev–Trinajstić information content (AvgIpc) is 2.26. The van der Waals surface area contributed by atoms with Gasteiger partial charge in [-0.3, -0.25) is 14.1 Å². The summed E-state index contributed by atoms with van der Waals surface area (Å²) >= 11 is 1.02. The van der Waals surface area contributed by atoms with Gasteiger partial charge in [-0.05, 0) is 0 Å². The van der Waals surface area contributed by atoms with E-state index in [1.165, 1.54) is 6.92 Å². The molecule has 0 spiro atoms. The molecule has 1 heterocycles. The lowest BCUT2D eigenvalue weighted by Crippen LogP contribution is -2.31. The van der Waals surface area contributed by atoms with Crippen LogP contribution in [0.3, 0.4) is 0 Å². The maximum absolute atomic E-state index is 11.3. The first-order chi connectivity index (χ1) is 6.78. The molecule has 1 aliphatic rings. The predicted molar refractivity (Wildman–Crippen MR) is 54.8 cm³/mol. The van der Waals surface area contributed by atoms with Crippen LogP contribution in [0.1, 0.15) is 13.3 Å². The van der Waals surface area contributed by atoms with E-state index in [1.54, 1.807) is 0 Å². The Morgan fingerprint density at radius 1 is 1.67 bits per heavy atom. The molecule has 1 atom stereocenters. The van der Waals surface area contributed by atoms with Gasteiger partial charge in [-0.2, -0.15) is 8.42 Å². The van der Waals surface area contributed by atoms with Crippen LogP contribution in [-0.4, -0.2) is 46.6 Å². The molecule has 8 heteroatoms. The minimum absolute atomic E-state index is 0.110. The van der Waals surface area contributed by atoms with Crippen molar-refractivity contribution >= 4 is 32.9 Å². The van der Waals surface area contributed by atoms with Crippen molar-refractivity contribution in [1.29, 1.82) is 0 Å². The molecular weight excluding hydrogens is 242 g/mol. The van der Waals surface area contributed by atoms with Gasteiger partial charge in [0.05, 0.1) is 0 Å². The van der Waals surface area contributed by atoms with E-state index in [4.69, 9.17) is 4.55 Å². The number of hydrogen-bond donors (Lipinski definition) is 1. The number of thioether (sulfide) groups is 1. The SMILES string of the molecule is CC(=O)SC1CC(=O)N(CS(=O)(=O)O)C1. The van der Waals surface area contributed by atoms with E-state index in [2.05, 4.69) is 0 Å². The van der Waals surface area contributed by atoms with Crippen LogP contribution in [0, 0.1) is 0 Å². The minimum atomic E-state index is -4.18. The molecule has 0 aromatic rings. The molecule has 15 heavy (non-hydrogen) atoms. The first-order valence-electron chi connectivity index (χ1n) is 4.18. The van der Waals surface area contributed by atoms with E-state index < -0.39 is 16.0 Å². The number of likely N-dealkylation sites (tertiary alicyclic amines) is 1. The summed E-state index contributed by atoms with van der Waals surface area (Å²) in [5.41, 5.74) is 0. The Morgan fingerprint density at radius 2 is 2.27 bits per heavy atom. The lowest BCUT2D eigenvalue weighted by molar-refractivity contribution is -0.127. The fraction of sp³-hybridized carbons (Fsp3) is 0.714. The van der Waals surface area contributed by atoms with Crippen molar-refractivity contribution in [2.24, 2.45) is 0 Å². The van der Waals surface area contributed by atoms with Gasteiger partial charge in [0, 0.05) is 25.1 Å². The highest BCUT2D eigenvalue weighted by atomic mass is 32.2. The second kappa shape index (κ2) is 4.50. The van der Waals surface area contributed by atoms with E-state index in [0.29, 0.717) is 0 Å². The molecule has 6 nitrogen and oxygen atoms in total. The van der Waals surface area contributed by atoms with Gasteiger partial charge in [0.15, 0.2) is 5.12 Å². The molecule has 1 amide bonds. The molecule has 1 N–H and O–H groups in total. The van der Waals surface area contributed by atoms with E-state index in [-0.39, 0.29) is 29.2 Å². The molecule has 86 valence electrons. The van der Waals surface area contributed by atoms with Crippen molar-refractivity contribution in [3.05, 3.63) is 0 Å². The summed E-state index contributed by atoms with van der Waals surface area (Å²) in [6.07, 6.45) is 0.139. The number of rotatable bonds is 3. The van der Waals surface area contributed by atoms with Crippen molar-refractivity contribution in [1.82, 2.24) is 4.90 Å². The van der Waals surface area contributed by atoms with Crippen LogP contribution in [0.5, 0.6) is 0 Å². The molecule has 1 rings (SSSR count). The van der Waals surface area contributed by atoms with Gasteiger partial charge in [-0.25, -0.2) is 0 Å². The lowest BCUT2D eigenvalue weighted by Gasteiger charge is -2.13. The van der Waals surface area contributed by atoms with Crippen molar-refractivity contribution in [2.45, 2.75) is 18.6 Å². The van der Waals surface area contributed by atoms with Crippen LogP contribution in [0.25, 0.3) is 0 Å². The highest BCUT2D eigenvalue weighted by molar-refractivity contribution is 8.14. The Kier molecular flexibility index (Phi) is 3.74. The summed E-state index contributed by atoms with van der Waals surface area (Å²) < 4.78 is 29.7. The topological polar surface area (TPSA) is 91.8 Å². The molecule has 0 saturated carbocycles. The maximum Gasteiger partial charge on any atom is 0.283 e. The first-order valence-corrected chi connectivity index (χ1v) is 6.67. The third-order valence-electron chi connectivity index (χ3n) is 1.83. The van der Waals surface area contributed by atoms with Gasteiger partial charge < -0.3 is 4.90 Å². The lowest BCUT2D eigenvalue weighted by atomic mass is 10.4. The fourth-order valence-corrected chi connectivity index (χ4v) is 2.96. The van der Waals surface area contributed by atoms with Gasteiger partial charge in [-0.15, -0.1) is 0 Å². The van der Waals surface area contributed by atoms with Crippen LogP contribution in [0.15, 0.2) is 0 Å². The second-order valence-corrected chi connectivity index (χ2v) is 6.16. The Morgan fingerprint density at radius 3 is 2.73 bits per heavy atom. The first kappa shape index (κ1) is 12.5. The molecule has 0 radical (unpaired) electrons. The largest absolute Gasteiger partial charge is 0.325 e. The molecule has 1 unspecified atom stereocenters. The smallest absolute Gasteiger partial charge is 0.283 e. The third-order valence-corrected chi connectivity index (χ3v) is 3.45. The Balaban J connectivity index is 2.57.